The van der Waals surface area contributed by atoms with Gasteiger partial charge in [0.15, 0.2) is 5.69 Å². The Morgan fingerprint density at radius 3 is 2.73 bits per heavy atom. The first kappa shape index (κ1) is 20.8. The van der Waals surface area contributed by atoms with Gasteiger partial charge in [0.2, 0.25) is 23.2 Å². The van der Waals surface area contributed by atoms with E-state index in [1.807, 2.05) is 51.1 Å². The highest BCUT2D eigenvalue weighted by molar-refractivity contribution is 9.10. The van der Waals surface area contributed by atoms with Gasteiger partial charge in [-0.05, 0) is 43.4 Å². The number of ether oxygens (including phenoxy) is 1. The van der Waals surface area contributed by atoms with Crippen LogP contribution in [0.4, 0.5) is 5.69 Å². The van der Waals surface area contributed by atoms with Crippen LogP contribution in [-0.4, -0.2) is 26.8 Å². The molecule has 1 aliphatic rings. The zero-order valence-electron chi connectivity index (χ0n) is 17.1. The fourth-order valence-electron chi connectivity index (χ4n) is 3.68. The van der Waals surface area contributed by atoms with Crippen molar-refractivity contribution in [1.29, 1.82) is 0 Å². The molecule has 0 aliphatic carbocycles. The lowest BCUT2D eigenvalue weighted by atomic mass is 10.00. The van der Waals surface area contributed by atoms with E-state index >= 15 is 0 Å². The van der Waals surface area contributed by atoms with Crippen LogP contribution in [0.3, 0.4) is 0 Å². The number of benzene rings is 2. The molecule has 6 nitrogen and oxygen atoms in total. The third kappa shape index (κ3) is 3.81. The Morgan fingerprint density at radius 1 is 1.23 bits per heavy atom. The minimum atomic E-state index is -0.683. The predicted molar refractivity (Wildman–Crippen MR) is 122 cm³/mol. The predicted octanol–water partition coefficient (Wildman–Crippen LogP) is 5.47. The minimum absolute atomic E-state index is 0.128. The second kappa shape index (κ2) is 8.35. The molecule has 0 saturated carbocycles. The lowest BCUT2D eigenvalue weighted by Gasteiger charge is -2.31. The highest BCUT2D eigenvalue weighted by Crippen LogP contribution is 2.45. The van der Waals surface area contributed by atoms with E-state index < -0.39 is 6.23 Å². The first-order valence-electron chi connectivity index (χ1n) is 9.60. The molecule has 8 heteroatoms. The van der Waals surface area contributed by atoms with Gasteiger partial charge in [0.25, 0.3) is 0 Å². The number of fused-ring (bicyclic) bond motifs is 3. The topological polar surface area (TPSA) is 68.2 Å². The number of anilines is 1. The maximum Gasteiger partial charge on any atom is 0.247 e. The Morgan fingerprint density at radius 2 is 2.03 bits per heavy atom. The summed E-state index contributed by atoms with van der Waals surface area (Å²) in [6.45, 7) is 7.59. The summed E-state index contributed by atoms with van der Waals surface area (Å²) in [4.78, 5) is 19.2. The molecule has 2 aromatic carbocycles. The number of hydrogen-bond donors (Lipinski definition) is 0. The molecule has 3 aromatic rings. The van der Waals surface area contributed by atoms with E-state index in [0.717, 1.165) is 38.2 Å². The molecule has 154 valence electrons. The number of amides is 1. The van der Waals surface area contributed by atoms with Gasteiger partial charge in [-0.15, -0.1) is 10.2 Å². The molecular weight excluding hydrogens is 464 g/mol. The molecule has 2 heterocycles. The molecule has 1 aromatic heterocycles. The highest BCUT2D eigenvalue weighted by Gasteiger charge is 2.35. The van der Waals surface area contributed by atoms with Crippen molar-refractivity contribution in [1.82, 2.24) is 15.2 Å². The zero-order chi connectivity index (χ0) is 21.4. The molecule has 30 heavy (non-hydrogen) atoms. The largest absolute Gasteiger partial charge is 0.447 e. The standard InChI is InChI=1S/C22H21BrN4O2S/c1-5-30-22-24-20-18(25-26-22)17-10-12(2)9-13(3)19(17)27(14(4)28)21(29-20)15-7-6-8-16(23)11-15/h6-11,21H,5H2,1-4H3. The Bertz CT molecular complexity index is 1140. The summed E-state index contributed by atoms with van der Waals surface area (Å²) in [6.07, 6.45) is -0.683. The van der Waals surface area contributed by atoms with Crippen molar-refractivity contribution < 1.29 is 9.53 Å². The summed E-state index contributed by atoms with van der Waals surface area (Å²) in [5, 5.41) is 9.28. The van der Waals surface area contributed by atoms with E-state index in [2.05, 4.69) is 37.2 Å². The van der Waals surface area contributed by atoms with E-state index in [0.29, 0.717) is 16.7 Å². The third-order valence-corrected chi connectivity index (χ3v) is 5.99. The van der Waals surface area contributed by atoms with Crippen LogP contribution in [0.5, 0.6) is 5.88 Å². The van der Waals surface area contributed by atoms with Crippen LogP contribution in [0.15, 0.2) is 46.0 Å². The van der Waals surface area contributed by atoms with E-state index in [4.69, 9.17) is 4.74 Å². The fourth-order valence-corrected chi connectivity index (χ4v) is 4.60. The fraction of sp³-hybridized carbons (Fsp3) is 0.273. The average molecular weight is 485 g/mol. The second-order valence-corrected chi connectivity index (χ2v) is 9.22. The van der Waals surface area contributed by atoms with E-state index in [1.165, 1.54) is 11.8 Å². The molecule has 1 amide bonds. The summed E-state index contributed by atoms with van der Waals surface area (Å²) in [6, 6.07) is 11.8. The Balaban J connectivity index is 2.02. The van der Waals surface area contributed by atoms with Crippen LogP contribution in [-0.2, 0) is 4.79 Å². The molecule has 0 radical (unpaired) electrons. The second-order valence-electron chi connectivity index (χ2n) is 7.07. The van der Waals surface area contributed by atoms with Crippen molar-refractivity contribution in [3.05, 3.63) is 57.6 Å². The number of hydrogen-bond acceptors (Lipinski definition) is 6. The highest BCUT2D eigenvalue weighted by atomic mass is 79.9. The number of aromatic nitrogens is 3. The molecule has 4 rings (SSSR count). The molecule has 0 bridgehead atoms. The number of aryl methyl sites for hydroxylation is 2. The Hall–Kier alpha value is -2.45. The number of thioether (sulfide) groups is 1. The lowest BCUT2D eigenvalue weighted by molar-refractivity contribution is -0.118. The number of carbonyl (C=O) groups is 1. The first-order chi connectivity index (χ1) is 14.4. The van der Waals surface area contributed by atoms with Gasteiger partial charge in [-0.25, -0.2) is 0 Å². The van der Waals surface area contributed by atoms with Crippen molar-refractivity contribution in [2.75, 3.05) is 10.7 Å². The quantitative estimate of drug-likeness (QED) is 0.458. The summed E-state index contributed by atoms with van der Waals surface area (Å²) in [7, 11) is 0. The van der Waals surface area contributed by atoms with Gasteiger partial charge in [-0.2, -0.15) is 4.98 Å². The van der Waals surface area contributed by atoms with Gasteiger partial charge in [-0.3, -0.25) is 9.69 Å². The molecule has 0 spiro atoms. The van der Waals surface area contributed by atoms with Crippen molar-refractivity contribution in [3.8, 4) is 17.1 Å². The number of nitrogens with zero attached hydrogens (tertiary/aromatic N) is 4. The number of rotatable bonds is 3. The van der Waals surface area contributed by atoms with Gasteiger partial charge >= 0.3 is 0 Å². The SMILES string of the molecule is CCSc1nnc2c(n1)OC(c1cccc(Br)c1)N(C(C)=O)c1c(C)cc(C)cc1-2. The molecule has 0 N–H and O–H groups in total. The van der Waals surface area contributed by atoms with Crippen LogP contribution in [0.2, 0.25) is 0 Å². The van der Waals surface area contributed by atoms with Crippen LogP contribution < -0.4 is 9.64 Å². The number of carbonyl (C=O) groups excluding carboxylic acids is 1. The minimum Gasteiger partial charge on any atom is -0.447 e. The van der Waals surface area contributed by atoms with Crippen molar-refractivity contribution in [3.63, 3.8) is 0 Å². The van der Waals surface area contributed by atoms with Gasteiger partial charge in [0, 0.05) is 22.5 Å². The molecule has 1 aliphatic heterocycles. The Labute approximate surface area is 188 Å². The maximum absolute atomic E-state index is 12.9. The lowest BCUT2D eigenvalue weighted by Crippen LogP contribution is -2.36. The number of halogens is 1. The van der Waals surface area contributed by atoms with Crippen molar-refractivity contribution in [2.24, 2.45) is 0 Å². The summed E-state index contributed by atoms with van der Waals surface area (Å²) in [5.41, 5.74) is 4.97. The summed E-state index contributed by atoms with van der Waals surface area (Å²) in [5.74, 6) is 1.07. The normalized spacial score (nSPS) is 15.1. The van der Waals surface area contributed by atoms with E-state index in [-0.39, 0.29) is 5.91 Å². The monoisotopic (exact) mass is 484 g/mol. The van der Waals surface area contributed by atoms with Gasteiger partial charge in [0.1, 0.15) is 0 Å². The Kier molecular flexibility index (Phi) is 5.79. The van der Waals surface area contributed by atoms with E-state index in [9.17, 15) is 4.79 Å². The van der Waals surface area contributed by atoms with Gasteiger partial charge in [-0.1, -0.05) is 58.4 Å². The van der Waals surface area contributed by atoms with Crippen molar-refractivity contribution in [2.45, 2.75) is 39.1 Å². The van der Waals surface area contributed by atoms with Gasteiger partial charge < -0.3 is 4.74 Å². The van der Waals surface area contributed by atoms with Crippen LogP contribution >= 0.6 is 27.7 Å². The molecule has 1 unspecified atom stereocenters. The molecule has 0 fully saturated rings. The van der Waals surface area contributed by atoms with E-state index in [1.54, 1.807) is 11.8 Å². The zero-order valence-corrected chi connectivity index (χ0v) is 19.5. The molecular formula is C22H21BrN4O2S. The van der Waals surface area contributed by atoms with Gasteiger partial charge in [0.05, 0.1) is 5.69 Å². The average Bonchev–Trinajstić information content (AvgIpc) is 2.83. The van der Waals surface area contributed by atoms with Crippen molar-refractivity contribution >= 4 is 39.3 Å². The molecule has 1 atom stereocenters. The molecule has 0 saturated heterocycles. The first-order valence-corrected chi connectivity index (χ1v) is 11.4. The summed E-state index contributed by atoms with van der Waals surface area (Å²) >= 11 is 5.02. The summed E-state index contributed by atoms with van der Waals surface area (Å²) < 4.78 is 7.30. The third-order valence-electron chi connectivity index (χ3n) is 4.78. The van der Waals surface area contributed by atoms with Crippen LogP contribution in [0.1, 0.15) is 36.8 Å². The smallest absolute Gasteiger partial charge is 0.247 e. The van der Waals surface area contributed by atoms with Crippen LogP contribution in [0.25, 0.3) is 11.3 Å². The maximum atomic E-state index is 12.9. The van der Waals surface area contributed by atoms with Crippen LogP contribution in [0, 0.1) is 13.8 Å².